The molecule has 0 aliphatic carbocycles. The molecule has 0 saturated carbocycles. The van der Waals surface area contributed by atoms with E-state index in [2.05, 4.69) is 9.97 Å². The Kier molecular flexibility index (Phi) is 3.34. The predicted octanol–water partition coefficient (Wildman–Crippen LogP) is 2.02. The van der Waals surface area contributed by atoms with Gasteiger partial charge in [0.1, 0.15) is 5.52 Å². The van der Waals surface area contributed by atoms with Crippen molar-refractivity contribution in [3.05, 3.63) is 33.5 Å². The van der Waals surface area contributed by atoms with Crippen molar-refractivity contribution in [3.63, 3.8) is 0 Å². The predicted molar refractivity (Wildman–Crippen MR) is 71.0 cm³/mol. The van der Waals surface area contributed by atoms with Gasteiger partial charge in [-0.1, -0.05) is 12.2 Å². The van der Waals surface area contributed by atoms with E-state index in [1.165, 1.54) is 17.9 Å². The smallest absolute Gasteiger partial charge is 0.293 e. The van der Waals surface area contributed by atoms with Gasteiger partial charge in [-0.25, -0.2) is 9.97 Å². The summed E-state index contributed by atoms with van der Waals surface area (Å²) in [6.45, 7) is 1.85. The lowest BCUT2D eigenvalue weighted by molar-refractivity contribution is 0.405. The minimum absolute atomic E-state index is 0.133. The van der Waals surface area contributed by atoms with Crippen LogP contribution in [0.25, 0.3) is 17.1 Å². The molecule has 0 spiro atoms. The first-order valence-electron chi connectivity index (χ1n) is 5.32. The van der Waals surface area contributed by atoms with Crippen LogP contribution in [-0.2, 0) is 7.05 Å². The molecule has 2 aromatic heterocycles. The first-order valence-corrected chi connectivity index (χ1v) is 5.69. The van der Waals surface area contributed by atoms with Crippen LogP contribution in [0, 0.1) is 0 Å². The summed E-state index contributed by atoms with van der Waals surface area (Å²) in [7, 11) is 3.10. The Morgan fingerprint density at radius 3 is 2.83 bits per heavy atom. The molecule has 94 valence electrons. The maximum absolute atomic E-state index is 12.1. The molecule has 0 aromatic carbocycles. The fraction of sp³-hybridized carbons (Fsp3) is 0.250. The third-order valence-electron chi connectivity index (χ3n) is 2.64. The van der Waals surface area contributed by atoms with E-state index in [1.54, 1.807) is 13.1 Å². The third-order valence-corrected chi connectivity index (χ3v) is 2.82. The number of halogens is 1. The lowest BCUT2D eigenvalue weighted by atomic mass is 10.1. The second kappa shape index (κ2) is 4.78. The Morgan fingerprint density at radius 1 is 1.50 bits per heavy atom. The maximum atomic E-state index is 12.1. The Balaban J connectivity index is 3.03. The molecule has 0 atom stereocenters. The van der Waals surface area contributed by atoms with Crippen LogP contribution in [0.15, 0.2) is 17.1 Å². The first kappa shape index (κ1) is 12.6. The molecule has 2 heterocycles. The van der Waals surface area contributed by atoms with Gasteiger partial charge < -0.3 is 9.30 Å². The lowest BCUT2D eigenvalue weighted by Gasteiger charge is -2.11. The number of methoxy groups -OCH3 is 1. The van der Waals surface area contributed by atoms with Crippen molar-refractivity contribution in [1.29, 1.82) is 0 Å². The molecule has 0 unspecified atom stereocenters. The number of ether oxygens (including phenoxy) is 1. The summed E-state index contributed by atoms with van der Waals surface area (Å²) in [5, 5.41) is 0.133. The summed E-state index contributed by atoms with van der Waals surface area (Å²) < 4.78 is 6.61. The van der Waals surface area contributed by atoms with Crippen LogP contribution in [0.4, 0.5) is 0 Å². The number of pyridine rings is 1. The molecule has 5 nitrogen and oxygen atoms in total. The Bertz CT molecular complexity index is 692. The number of aryl methyl sites for hydroxylation is 1. The molecule has 0 bridgehead atoms. The van der Waals surface area contributed by atoms with Crippen LogP contribution in [0.5, 0.6) is 5.75 Å². The van der Waals surface area contributed by atoms with Crippen molar-refractivity contribution in [2.24, 2.45) is 7.05 Å². The number of nitrogens with zero attached hydrogens (tertiary/aromatic N) is 3. The highest BCUT2D eigenvalue weighted by Gasteiger charge is 2.15. The number of hydrogen-bond donors (Lipinski definition) is 0. The van der Waals surface area contributed by atoms with Crippen LogP contribution < -0.4 is 10.3 Å². The molecule has 2 aromatic rings. The van der Waals surface area contributed by atoms with Crippen LogP contribution in [-0.4, -0.2) is 21.6 Å². The van der Waals surface area contributed by atoms with Crippen molar-refractivity contribution in [3.8, 4) is 5.75 Å². The summed E-state index contributed by atoms with van der Waals surface area (Å²) >= 11 is 5.80. The van der Waals surface area contributed by atoms with Gasteiger partial charge in [-0.2, -0.15) is 0 Å². The molecular formula is C12H12ClN3O2. The zero-order chi connectivity index (χ0) is 13.3. The van der Waals surface area contributed by atoms with Crippen LogP contribution in [0.1, 0.15) is 12.5 Å². The maximum Gasteiger partial charge on any atom is 0.293 e. The molecule has 2 rings (SSSR count). The van der Waals surface area contributed by atoms with Gasteiger partial charge in [-0.3, -0.25) is 4.79 Å². The Labute approximate surface area is 109 Å². The minimum Gasteiger partial charge on any atom is -0.491 e. The molecule has 0 fully saturated rings. The SMILES string of the molecule is C/C=C/c1c(OC)c(=O)n(C)c2cnc(Cl)nc12. The first-order chi connectivity index (χ1) is 8.60. The fourth-order valence-corrected chi connectivity index (χ4v) is 1.93. The van der Waals surface area contributed by atoms with Crippen molar-refractivity contribution >= 4 is 28.7 Å². The van der Waals surface area contributed by atoms with Crippen molar-refractivity contribution in [2.75, 3.05) is 7.11 Å². The molecular weight excluding hydrogens is 254 g/mol. The Hall–Kier alpha value is -1.88. The molecule has 6 heteroatoms. The normalized spacial score (nSPS) is 11.3. The van der Waals surface area contributed by atoms with E-state index in [4.69, 9.17) is 16.3 Å². The zero-order valence-electron chi connectivity index (χ0n) is 10.3. The van der Waals surface area contributed by atoms with Gasteiger partial charge in [-0.05, 0) is 18.5 Å². The molecule has 0 aliphatic heterocycles. The topological polar surface area (TPSA) is 57.0 Å². The highest BCUT2D eigenvalue weighted by Crippen LogP contribution is 2.24. The van der Waals surface area contributed by atoms with Crippen molar-refractivity contribution < 1.29 is 4.74 Å². The van der Waals surface area contributed by atoms with Crippen LogP contribution in [0.2, 0.25) is 5.28 Å². The van der Waals surface area contributed by atoms with Gasteiger partial charge in [0.2, 0.25) is 5.28 Å². The average molecular weight is 266 g/mol. The molecule has 0 radical (unpaired) electrons. The summed E-state index contributed by atoms with van der Waals surface area (Å²) in [4.78, 5) is 20.2. The van der Waals surface area contributed by atoms with E-state index >= 15 is 0 Å². The number of aromatic nitrogens is 3. The Morgan fingerprint density at radius 2 is 2.22 bits per heavy atom. The van der Waals surface area contributed by atoms with Gasteiger partial charge in [-0.15, -0.1) is 0 Å². The summed E-state index contributed by atoms with van der Waals surface area (Å²) in [6, 6.07) is 0. The van der Waals surface area contributed by atoms with Crippen molar-refractivity contribution in [2.45, 2.75) is 6.92 Å². The van der Waals surface area contributed by atoms with Gasteiger partial charge in [0.05, 0.1) is 18.8 Å². The van der Waals surface area contributed by atoms with Gasteiger partial charge in [0.15, 0.2) is 5.75 Å². The second-order valence-corrected chi connectivity index (χ2v) is 4.02. The highest BCUT2D eigenvalue weighted by atomic mass is 35.5. The molecule has 0 N–H and O–H groups in total. The van der Waals surface area contributed by atoms with Gasteiger partial charge >= 0.3 is 0 Å². The second-order valence-electron chi connectivity index (χ2n) is 3.68. The van der Waals surface area contributed by atoms with E-state index < -0.39 is 0 Å². The molecule has 0 amide bonds. The fourth-order valence-electron chi connectivity index (χ4n) is 1.80. The number of hydrogen-bond acceptors (Lipinski definition) is 4. The number of fused-ring (bicyclic) bond motifs is 1. The van der Waals surface area contributed by atoms with Crippen molar-refractivity contribution in [1.82, 2.24) is 14.5 Å². The standard InChI is InChI=1S/C12H12ClN3O2/c1-4-5-7-9-8(6-14-12(13)15-9)16(2)11(17)10(7)18-3/h4-6H,1-3H3/b5-4+. The van der Waals surface area contributed by atoms with E-state index in [0.29, 0.717) is 16.6 Å². The van der Waals surface area contributed by atoms with Crippen LogP contribution >= 0.6 is 11.6 Å². The van der Waals surface area contributed by atoms with Gasteiger partial charge in [0.25, 0.3) is 5.56 Å². The highest BCUT2D eigenvalue weighted by molar-refractivity contribution is 6.28. The largest absolute Gasteiger partial charge is 0.491 e. The quantitative estimate of drug-likeness (QED) is 0.780. The monoisotopic (exact) mass is 265 g/mol. The number of allylic oxidation sites excluding steroid dienone is 1. The van der Waals surface area contributed by atoms with E-state index in [0.717, 1.165) is 0 Å². The molecule has 0 aliphatic rings. The summed E-state index contributed by atoms with van der Waals surface area (Å²) in [5.41, 5.74) is 1.58. The third kappa shape index (κ3) is 1.86. The molecule has 0 saturated heterocycles. The zero-order valence-corrected chi connectivity index (χ0v) is 11.0. The lowest BCUT2D eigenvalue weighted by Crippen LogP contribution is -2.20. The average Bonchev–Trinajstić information content (AvgIpc) is 2.36. The summed E-state index contributed by atoms with van der Waals surface area (Å²) in [5.74, 6) is 0.248. The van der Waals surface area contributed by atoms with Crippen LogP contribution in [0.3, 0.4) is 0 Å². The van der Waals surface area contributed by atoms with E-state index in [9.17, 15) is 4.79 Å². The minimum atomic E-state index is -0.232. The van der Waals surface area contributed by atoms with Gasteiger partial charge in [0, 0.05) is 12.6 Å². The number of rotatable bonds is 2. The van der Waals surface area contributed by atoms with E-state index in [-0.39, 0.29) is 16.6 Å². The molecule has 18 heavy (non-hydrogen) atoms. The summed E-state index contributed by atoms with van der Waals surface area (Å²) in [6.07, 6.45) is 5.11. The van der Waals surface area contributed by atoms with E-state index in [1.807, 2.05) is 13.0 Å².